The summed E-state index contributed by atoms with van der Waals surface area (Å²) in [6.07, 6.45) is -2.25. The number of halogens is 4. The summed E-state index contributed by atoms with van der Waals surface area (Å²) < 4.78 is 35.7. The molecule has 0 saturated carbocycles. The molecule has 0 aliphatic carbocycles. The van der Waals surface area contributed by atoms with Gasteiger partial charge < -0.3 is 0 Å². The zero-order valence-corrected chi connectivity index (χ0v) is 5.92. The Morgan fingerprint density at radius 3 is 1.67 bits per heavy atom. The average Bonchev–Trinajstić information content (AvgIpc) is 1.62. The predicted molar refractivity (Wildman–Crippen MR) is 30.5 cm³/mol. The highest BCUT2D eigenvalue weighted by atomic mass is 35.5. The Labute approximate surface area is 57.0 Å². The van der Waals surface area contributed by atoms with Gasteiger partial charge in [-0.05, 0) is 17.5 Å². The molecular formula is C5H8ClF3. The number of hydrogen-bond donors (Lipinski definition) is 0. The van der Waals surface area contributed by atoms with E-state index in [-0.39, 0.29) is 0 Å². The van der Waals surface area contributed by atoms with Gasteiger partial charge in [-0.15, -0.1) is 0 Å². The van der Waals surface area contributed by atoms with Crippen molar-refractivity contribution in [3.8, 4) is 0 Å². The lowest BCUT2D eigenvalue weighted by Crippen LogP contribution is -2.27. The van der Waals surface area contributed by atoms with Crippen molar-refractivity contribution in [2.75, 3.05) is 0 Å². The van der Waals surface area contributed by atoms with Crippen LogP contribution in [0.1, 0.15) is 13.8 Å². The second-order valence-electron chi connectivity index (χ2n) is 2.19. The topological polar surface area (TPSA) is 0 Å². The van der Waals surface area contributed by atoms with Gasteiger partial charge in [-0.3, -0.25) is 0 Å². The molecule has 0 N–H and O–H groups in total. The maximum absolute atomic E-state index is 12.2. The molecule has 1 unspecified atom stereocenters. The summed E-state index contributed by atoms with van der Waals surface area (Å²) in [6.45, 7) is 2.70. The minimum absolute atomic E-state index is 0.738. The van der Waals surface area contributed by atoms with Gasteiger partial charge in [0.25, 0.3) is 0 Å². The van der Waals surface area contributed by atoms with Crippen LogP contribution in [-0.2, 0) is 0 Å². The molecular weight excluding hydrogens is 153 g/mol. The molecule has 9 heavy (non-hydrogen) atoms. The highest BCUT2D eigenvalue weighted by Gasteiger charge is 2.39. The van der Waals surface area contributed by atoms with E-state index < -0.39 is 17.5 Å². The number of alkyl halides is 4. The quantitative estimate of drug-likeness (QED) is 0.545. The minimum Gasteiger partial charge on any atom is -0.239 e. The fourth-order valence-electron chi connectivity index (χ4n) is 0.378. The summed E-state index contributed by atoms with van der Waals surface area (Å²) in [6, 6.07) is 0. The van der Waals surface area contributed by atoms with Crippen LogP contribution in [0.2, 0.25) is 0 Å². The van der Waals surface area contributed by atoms with E-state index in [0.717, 1.165) is 0 Å². The summed E-state index contributed by atoms with van der Waals surface area (Å²) in [5.74, 6) is -0.738. The van der Waals surface area contributed by atoms with E-state index in [1.54, 1.807) is 0 Å². The molecule has 0 rings (SSSR count). The van der Waals surface area contributed by atoms with Crippen molar-refractivity contribution in [1.82, 2.24) is 0 Å². The highest BCUT2D eigenvalue weighted by molar-refractivity contribution is 6.22. The molecule has 0 heterocycles. The minimum atomic E-state index is -3.71. The van der Waals surface area contributed by atoms with Gasteiger partial charge in [0.1, 0.15) is 0 Å². The lowest BCUT2D eigenvalue weighted by atomic mass is 10.1. The molecule has 0 aromatic carbocycles. The van der Waals surface area contributed by atoms with Crippen molar-refractivity contribution >= 4 is 11.6 Å². The standard InChI is InChI=1S/C5H8ClF3/c1-3(2)4(7)5(6,8)9/h3-4H,1-2H3. The van der Waals surface area contributed by atoms with Crippen LogP contribution in [0.4, 0.5) is 13.2 Å². The van der Waals surface area contributed by atoms with Crippen LogP contribution in [-0.4, -0.2) is 11.6 Å². The predicted octanol–water partition coefficient (Wildman–Crippen LogP) is 2.81. The molecule has 1 atom stereocenters. The molecule has 0 fully saturated rings. The molecule has 0 spiro atoms. The van der Waals surface area contributed by atoms with Gasteiger partial charge in [-0.2, -0.15) is 8.78 Å². The zero-order valence-electron chi connectivity index (χ0n) is 5.17. The second kappa shape index (κ2) is 2.78. The fourth-order valence-corrected chi connectivity index (χ4v) is 0.630. The van der Waals surface area contributed by atoms with Gasteiger partial charge in [0.05, 0.1) is 0 Å². The normalized spacial score (nSPS) is 16.3. The average molecular weight is 161 g/mol. The van der Waals surface area contributed by atoms with Gasteiger partial charge in [0.15, 0.2) is 6.17 Å². The van der Waals surface area contributed by atoms with Gasteiger partial charge in [0, 0.05) is 0 Å². The summed E-state index contributed by atoms with van der Waals surface area (Å²) >= 11 is 4.37. The van der Waals surface area contributed by atoms with Crippen molar-refractivity contribution < 1.29 is 13.2 Å². The van der Waals surface area contributed by atoms with Crippen LogP contribution in [0.15, 0.2) is 0 Å². The van der Waals surface area contributed by atoms with Crippen molar-refractivity contribution in [3.05, 3.63) is 0 Å². The third kappa shape index (κ3) is 2.94. The van der Waals surface area contributed by atoms with Crippen molar-refractivity contribution in [1.29, 1.82) is 0 Å². The highest BCUT2D eigenvalue weighted by Crippen LogP contribution is 2.30. The van der Waals surface area contributed by atoms with E-state index >= 15 is 0 Å². The maximum atomic E-state index is 12.2. The number of hydrogen-bond acceptors (Lipinski definition) is 0. The van der Waals surface area contributed by atoms with E-state index in [4.69, 9.17) is 0 Å². The Hall–Kier alpha value is 0.0800. The van der Waals surface area contributed by atoms with E-state index in [1.165, 1.54) is 13.8 Å². The monoisotopic (exact) mass is 160 g/mol. The first-order valence-corrected chi connectivity index (χ1v) is 2.94. The van der Waals surface area contributed by atoms with E-state index in [9.17, 15) is 13.2 Å². The van der Waals surface area contributed by atoms with Crippen molar-refractivity contribution in [2.45, 2.75) is 25.4 Å². The van der Waals surface area contributed by atoms with Crippen LogP contribution in [0, 0.1) is 5.92 Å². The molecule has 0 aliphatic heterocycles. The van der Waals surface area contributed by atoms with Crippen LogP contribution < -0.4 is 0 Å². The van der Waals surface area contributed by atoms with Crippen molar-refractivity contribution in [3.63, 3.8) is 0 Å². The lowest BCUT2D eigenvalue weighted by molar-refractivity contribution is -0.0151. The third-order valence-electron chi connectivity index (χ3n) is 0.898. The molecule has 0 nitrogen and oxygen atoms in total. The van der Waals surface area contributed by atoms with Crippen molar-refractivity contribution in [2.24, 2.45) is 5.92 Å². The molecule has 0 aromatic rings. The molecule has 0 aromatic heterocycles. The summed E-state index contributed by atoms with van der Waals surface area (Å²) in [4.78, 5) is 0. The molecule has 0 saturated heterocycles. The second-order valence-corrected chi connectivity index (χ2v) is 2.69. The maximum Gasteiger partial charge on any atom is 0.352 e. The van der Waals surface area contributed by atoms with E-state index in [2.05, 4.69) is 11.6 Å². The van der Waals surface area contributed by atoms with Gasteiger partial charge in [-0.1, -0.05) is 13.8 Å². The summed E-state index contributed by atoms with van der Waals surface area (Å²) in [5, 5.41) is -3.71. The van der Waals surface area contributed by atoms with Crippen LogP contribution in [0.3, 0.4) is 0 Å². The zero-order chi connectivity index (χ0) is 7.65. The molecule has 0 bridgehead atoms. The van der Waals surface area contributed by atoms with Gasteiger partial charge in [0.2, 0.25) is 0 Å². The molecule has 0 amide bonds. The first-order valence-electron chi connectivity index (χ1n) is 2.56. The third-order valence-corrected chi connectivity index (χ3v) is 1.11. The smallest absolute Gasteiger partial charge is 0.239 e. The Kier molecular flexibility index (Phi) is 2.80. The number of rotatable bonds is 2. The molecule has 0 aliphatic rings. The Balaban J connectivity index is 3.88. The molecule has 0 radical (unpaired) electrons. The van der Waals surface area contributed by atoms with E-state index in [0.29, 0.717) is 0 Å². The van der Waals surface area contributed by atoms with Gasteiger partial charge in [-0.25, -0.2) is 4.39 Å². The first-order chi connectivity index (χ1) is 3.85. The Morgan fingerprint density at radius 2 is 1.67 bits per heavy atom. The van der Waals surface area contributed by atoms with Gasteiger partial charge >= 0.3 is 5.38 Å². The fraction of sp³-hybridized carbons (Fsp3) is 1.00. The largest absolute Gasteiger partial charge is 0.352 e. The van der Waals surface area contributed by atoms with Crippen LogP contribution in [0.5, 0.6) is 0 Å². The summed E-state index contributed by atoms with van der Waals surface area (Å²) in [7, 11) is 0. The molecule has 56 valence electrons. The van der Waals surface area contributed by atoms with E-state index in [1.807, 2.05) is 0 Å². The summed E-state index contributed by atoms with van der Waals surface area (Å²) in [5.41, 5.74) is 0. The molecule has 4 heteroatoms. The van der Waals surface area contributed by atoms with Crippen LogP contribution >= 0.6 is 11.6 Å². The SMILES string of the molecule is CC(C)C(F)C(F)(F)Cl. The first kappa shape index (κ1) is 9.08. The Morgan fingerprint density at radius 1 is 1.33 bits per heavy atom. The Bertz CT molecular complexity index is 86.7. The lowest BCUT2D eigenvalue weighted by Gasteiger charge is -2.16. The van der Waals surface area contributed by atoms with Crippen LogP contribution in [0.25, 0.3) is 0 Å².